The summed E-state index contributed by atoms with van der Waals surface area (Å²) in [5.74, 6) is 1.04. The molecule has 1 saturated heterocycles. The van der Waals surface area contributed by atoms with Crippen molar-refractivity contribution >= 4 is 33.8 Å². The lowest BCUT2D eigenvalue weighted by Gasteiger charge is -2.35. The number of aromatic amines is 1. The first-order chi connectivity index (χ1) is 16.5. The Hall–Kier alpha value is -3.84. The van der Waals surface area contributed by atoms with Gasteiger partial charge in [0.2, 0.25) is 0 Å². The van der Waals surface area contributed by atoms with Gasteiger partial charge in [0, 0.05) is 35.8 Å². The quantitative estimate of drug-likeness (QED) is 0.304. The van der Waals surface area contributed by atoms with Crippen molar-refractivity contribution in [3.05, 3.63) is 78.0 Å². The Morgan fingerprint density at radius 1 is 1.09 bits per heavy atom. The third-order valence-electron chi connectivity index (χ3n) is 6.58. The molecule has 0 unspecified atom stereocenters. The molecule has 1 aliphatic heterocycles. The van der Waals surface area contributed by atoms with E-state index in [9.17, 15) is 5.11 Å². The molecule has 0 atom stereocenters. The van der Waals surface area contributed by atoms with Gasteiger partial charge in [-0.25, -0.2) is 9.98 Å². The molecule has 0 spiro atoms. The first-order valence-electron chi connectivity index (χ1n) is 11.6. The van der Waals surface area contributed by atoms with Crippen LogP contribution in [0.25, 0.3) is 10.9 Å². The SMILES string of the molecule is CN(C)C1CCN(c2ccc(N=C(c3ccccc3)c3c(O)[nH]c4cc(N)ccc34)cn2)CC1. The van der Waals surface area contributed by atoms with Gasteiger partial charge < -0.3 is 25.6 Å². The molecular formula is C27H30N6O. The Morgan fingerprint density at radius 3 is 2.53 bits per heavy atom. The Bertz CT molecular complexity index is 1300. The fraction of sp³-hybridized carbons (Fsp3) is 0.259. The van der Waals surface area contributed by atoms with Gasteiger partial charge in [-0.15, -0.1) is 0 Å². The van der Waals surface area contributed by atoms with Crippen LogP contribution in [-0.4, -0.2) is 58.9 Å². The molecule has 0 saturated carbocycles. The summed E-state index contributed by atoms with van der Waals surface area (Å²) in [4.78, 5) is 17.3. The van der Waals surface area contributed by atoms with Crippen LogP contribution in [0.15, 0.2) is 71.9 Å². The Labute approximate surface area is 199 Å². The first kappa shape index (κ1) is 22.0. The number of aliphatic imine (C=N–C) groups is 1. The minimum Gasteiger partial charge on any atom is -0.494 e. The maximum atomic E-state index is 10.8. The summed E-state index contributed by atoms with van der Waals surface area (Å²) in [6.45, 7) is 2.00. The minimum absolute atomic E-state index is 0.0662. The summed E-state index contributed by atoms with van der Waals surface area (Å²) >= 11 is 0. The zero-order valence-corrected chi connectivity index (χ0v) is 19.6. The number of aromatic hydroxyl groups is 1. The van der Waals surface area contributed by atoms with Crippen LogP contribution in [-0.2, 0) is 0 Å². The molecule has 7 heteroatoms. The second-order valence-electron chi connectivity index (χ2n) is 9.04. The number of nitrogen functional groups attached to an aromatic ring is 1. The Kier molecular flexibility index (Phi) is 5.94. The molecule has 0 radical (unpaired) electrons. The van der Waals surface area contributed by atoms with E-state index >= 15 is 0 Å². The number of nitrogens with two attached hydrogens (primary N) is 1. The summed E-state index contributed by atoms with van der Waals surface area (Å²) in [5, 5.41) is 11.7. The van der Waals surface area contributed by atoms with E-state index in [0.29, 0.717) is 23.0 Å². The van der Waals surface area contributed by atoms with Crippen molar-refractivity contribution < 1.29 is 5.11 Å². The molecule has 3 heterocycles. The van der Waals surface area contributed by atoms with Crippen LogP contribution in [0.5, 0.6) is 5.88 Å². The number of aromatic nitrogens is 2. The molecule has 5 rings (SSSR count). The maximum absolute atomic E-state index is 10.8. The molecule has 7 nitrogen and oxygen atoms in total. The number of fused-ring (bicyclic) bond motifs is 1. The Morgan fingerprint density at radius 2 is 1.85 bits per heavy atom. The molecule has 0 bridgehead atoms. The van der Waals surface area contributed by atoms with Crippen molar-refractivity contribution in [2.45, 2.75) is 18.9 Å². The van der Waals surface area contributed by atoms with Crippen molar-refractivity contribution in [1.82, 2.24) is 14.9 Å². The van der Waals surface area contributed by atoms with Crippen LogP contribution in [0.3, 0.4) is 0 Å². The number of nitrogens with one attached hydrogen (secondary N) is 1. The highest BCUT2D eigenvalue weighted by molar-refractivity contribution is 6.22. The van der Waals surface area contributed by atoms with E-state index < -0.39 is 0 Å². The van der Waals surface area contributed by atoms with Gasteiger partial charge >= 0.3 is 0 Å². The number of benzene rings is 2. The highest BCUT2D eigenvalue weighted by atomic mass is 16.3. The van der Waals surface area contributed by atoms with Crippen LogP contribution in [0.4, 0.5) is 17.2 Å². The van der Waals surface area contributed by atoms with Gasteiger partial charge in [0.1, 0.15) is 5.82 Å². The van der Waals surface area contributed by atoms with Gasteiger partial charge in [-0.3, -0.25) is 0 Å². The monoisotopic (exact) mass is 454 g/mol. The van der Waals surface area contributed by atoms with E-state index in [0.717, 1.165) is 53.9 Å². The third-order valence-corrected chi connectivity index (χ3v) is 6.58. The van der Waals surface area contributed by atoms with Crippen LogP contribution >= 0.6 is 0 Å². The second-order valence-corrected chi connectivity index (χ2v) is 9.04. The largest absolute Gasteiger partial charge is 0.494 e. The van der Waals surface area contributed by atoms with Crippen LogP contribution < -0.4 is 10.6 Å². The zero-order chi connectivity index (χ0) is 23.7. The van der Waals surface area contributed by atoms with Crippen LogP contribution in [0.2, 0.25) is 0 Å². The highest BCUT2D eigenvalue weighted by Crippen LogP contribution is 2.32. The van der Waals surface area contributed by atoms with Gasteiger partial charge in [0.15, 0.2) is 5.88 Å². The topological polar surface area (TPSA) is 93.8 Å². The number of H-pyrrole nitrogens is 1. The molecule has 0 aliphatic carbocycles. The predicted molar refractivity (Wildman–Crippen MR) is 139 cm³/mol. The summed E-state index contributed by atoms with van der Waals surface area (Å²) < 4.78 is 0. The molecule has 0 amide bonds. The van der Waals surface area contributed by atoms with E-state index in [4.69, 9.17) is 15.7 Å². The number of hydrogen-bond donors (Lipinski definition) is 3. The maximum Gasteiger partial charge on any atom is 0.199 e. The number of piperidine rings is 1. The average molecular weight is 455 g/mol. The van der Waals surface area contributed by atoms with Crippen molar-refractivity contribution in [1.29, 1.82) is 0 Å². The van der Waals surface area contributed by atoms with Gasteiger partial charge in [-0.2, -0.15) is 0 Å². The zero-order valence-electron chi connectivity index (χ0n) is 19.6. The van der Waals surface area contributed by atoms with E-state index in [1.54, 1.807) is 6.20 Å². The molecular weight excluding hydrogens is 424 g/mol. The van der Waals surface area contributed by atoms with Crippen molar-refractivity contribution in [2.24, 2.45) is 4.99 Å². The molecule has 34 heavy (non-hydrogen) atoms. The van der Waals surface area contributed by atoms with Gasteiger partial charge in [-0.1, -0.05) is 30.3 Å². The number of pyridine rings is 1. The smallest absolute Gasteiger partial charge is 0.199 e. The highest BCUT2D eigenvalue weighted by Gasteiger charge is 2.22. The molecule has 2 aromatic heterocycles. The fourth-order valence-corrected chi connectivity index (χ4v) is 4.67. The summed E-state index contributed by atoms with van der Waals surface area (Å²) in [7, 11) is 4.30. The molecule has 4 N–H and O–H groups in total. The lowest BCUT2D eigenvalue weighted by Crippen LogP contribution is -2.42. The normalized spacial score (nSPS) is 15.4. The van der Waals surface area contributed by atoms with Crippen LogP contribution in [0.1, 0.15) is 24.0 Å². The van der Waals surface area contributed by atoms with Crippen molar-refractivity contribution in [2.75, 3.05) is 37.8 Å². The second kappa shape index (κ2) is 9.19. The van der Waals surface area contributed by atoms with Crippen molar-refractivity contribution in [3.8, 4) is 5.88 Å². The van der Waals surface area contributed by atoms with E-state index in [1.807, 2.05) is 60.7 Å². The molecule has 1 aliphatic rings. The molecule has 2 aromatic carbocycles. The summed E-state index contributed by atoms with van der Waals surface area (Å²) in [6, 6.07) is 20.1. The first-order valence-corrected chi connectivity index (χ1v) is 11.6. The lowest BCUT2D eigenvalue weighted by atomic mass is 10.0. The third kappa shape index (κ3) is 4.34. The minimum atomic E-state index is 0.0662. The molecule has 4 aromatic rings. The average Bonchev–Trinajstić information content (AvgIpc) is 3.18. The standard InChI is InChI=1S/C27H30N6O/c1-32(2)21-12-14-33(15-13-21)24-11-9-20(17-29-24)30-26(18-6-4-3-5-7-18)25-22-10-8-19(28)16-23(22)31-27(25)34/h3-11,16-17,21,31,34H,12-15,28H2,1-2H3. The summed E-state index contributed by atoms with van der Waals surface area (Å²) in [6.07, 6.45) is 4.08. The van der Waals surface area contributed by atoms with Gasteiger partial charge in [-0.05, 0) is 57.3 Å². The number of anilines is 2. The predicted octanol–water partition coefficient (Wildman–Crippen LogP) is 4.55. The van der Waals surface area contributed by atoms with Crippen LogP contribution in [0, 0.1) is 0 Å². The van der Waals surface area contributed by atoms with Gasteiger partial charge in [0.25, 0.3) is 0 Å². The molecule has 174 valence electrons. The van der Waals surface area contributed by atoms with E-state index in [-0.39, 0.29) is 5.88 Å². The van der Waals surface area contributed by atoms with Crippen molar-refractivity contribution in [3.63, 3.8) is 0 Å². The summed E-state index contributed by atoms with van der Waals surface area (Å²) in [5.41, 5.74) is 10.3. The number of hydrogen-bond acceptors (Lipinski definition) is 6. The van der Waals surface area contributed by atoms with Gasteiger partial charge in [0.05, 0.1) is 28.7 Å². The molecule has 1 fully saturated rings. The Balaban J connectivity index is 1.50. The van der Waals surface area contributed by atoms with E-state index in [1.165, 1.54) is 0 Å². The number of rotatable bonds is 5. The lowest BCUT2D eigenvalue weighted by molar-refractivity contribution is 0.249. The van der Waals surface area contributed by atoms with E-state index in [2.05, 4.69) is 28.9 Å². The fourth-order valence-electron chi connectivity index (χ4n) is 4.67. The number of nitrogens with zero attached hydrogens (tertiary/aromatic N) is 4.